The minimum atomic E-state index is -0.798. The van der Waals surface area contributed by atoms with Crippen molar-refractivity contribution in [3.63, 3.8) is 0 Å². The molecular formula is C32H27Br2N3O7S. The van der Waals surface area contributed by atoms with Crippen molar-refractivity contribution >= 4 is 60.9 Å². The second kappa shape index (κ2) is 13.9. The van der Waals surface area contributed by atoms with Crippen LogP contribution in [0.5, 0.6) is 11.5 Å². The highest BCUT2D eigenvalue weighted by Gasteiger charge is 2.33. The summed E-state index contributed by atoms with van der Waals surface area (Å²) >= 11 is 7.93. The third-order valence-electron chi connectivity index (χ3n) is 6.86. The van der Waals surface area contributed by atoms with E-state index in [4.69, 9.17) is 14.2 Å². The van der Waals surface area contributed by atoms with E-state index < -0.39 is 22.5 Å². The van der Waals surface area contributed by atoms with Gasteiger partial charge in [0.15, 0.2) is 4.80 Å². The standard InChI is InChI=1S/C32H27Br2N3O7S/c1-4-42-23-12-8-21(9-13-23)28-27(31(39)43-5-2)18(3)35-32-36(28)30(38)26(45-32)16-20-14-24(34)29(25(15-20)37(40)41)44-17-19-6-10-22(33)11-7-19/h6-16,28H,4-5,17H2,1-3H3/b26-16-/t28-/m0/s1. The van der Waals surface area contributed by atoms with Crippen LogP contribution in [0.25, 0.3) is 6.08 Å². The summed E-state index contributed by atoms with van der Waals surface area (Å²) in [7, 11) is 0. The van der Waals surface area contributed by atoms with Crippen molar-refractivity contribution in [2.75, 3.05) is 13.2 Å². The molecule has 0 saturated carbocycles. The fourth-order valence-corrected chi connectivity index (χ4v) is 6.76. The van der Waals surface area contributed by atoms with E-state index in [1.165, 1.54) is 10.6 Å². The largest absolute Gasteiger partial charge is 0.494 e. The molecule has 0 N–H and O–H groups in total. The lowest BCUT2D eigenvalue weighted by Gasteiger charge is -2.24. The first-order valence-electron chi connectivity index (χ1n) is 13.9. The quantitative estimate of drug-likeness (QED) is 0.107. The third-order valence-corrected chi connectivity index (χ3v) is 8.96. The Hall–Kier alpha value is -4.07. The van der Waals surface area contributed by atoms with E-state index >= 15 is 0 Å². The van der Waals surface area contributed by atoms with E-state index in [1.807, 2.05) is 31.2 Å². The van der Waals surface area contributed by atoms with E-state index in [1.54, 1.807) is 50.3 Å². The zero-order valence-electron chi connectivity index (χ0n) is 24.4. The zero-order chi connectivity index (χ0) is 32.2. The number of aromatic nitrogens is 1. The number of benzene rings is 3. The Bertz CT molecular complexity index is 1980. The number of nitro benzene ring substituents is 1. The van der Waals surface area contributed by atoms with Crippen LogP contribution in [0, 0.1) is 10.1 Å². The molecule has 1 aromatic heterocycles. The maximum atomic E-state index is 14.0. The molecule has 0 spiro atoms. The highest BCUT2D eigenvalue weighted by molar-refractivity contribution is 9.10. The van der Waals surface area contributed by atoms with Gasteiger partial charge in [0.05, 0.1) is 44.5 Å². The van der Waals surface area contributed by atoms with Crippen molar-refractivity contribution in [1.82, 2.24) is 4.57 Å². The summed E-state index contributed by atoms with van der Waals surface area (Å²) in [6.07, 6.45) is 1.57. The number of ether oxygens (including phenoxy) is 3. The number of carbonyl (C=O) groups is 1. The zero-order valence-corrected chi connectivity index (χ0v) is 28.4. The van der Waals surface area contributed by atoms with Crippen molar-refractivity contribution < 1.29 is 23.9 Å². The lowest BCUT2D eigenvalue weighted by molar-refractivity contribution is -0.386. The molecule has 0 bridgehead atoms. The molecular weight excluding hydrogens is 730 g/mol. The summed E-state index contributed by atoms with van der Waals surface area (Å²) in [6.45, 7) is 6.08. The van der Waals surface area contributed by atoms with E-state index in [0.29, 0.717) is 38.5 Å². The number of nitrogens with zero attached hydrogens (tertiary/aromatic N) is 3. The Labute approximate surface area is 278 Å². The molecule has 0 unspecified atom stereocenters. The van der Waals surface area contributed by atoms with Gasteiger partial charge in [-0.15, -0.1) is 0 Å². The Morgan fingerprint density at radius 1 is 1.07 bits per heavy atom. The van der Waals surface area contributed by atoms with Gasteiger partial charge in [0.25, 0.3) is 5.56 Å². The SMILES string of the molecule is CCOC(=O)C1=C(C)N=c2s/c(=C\c3cc(Br)c(OCc4ccc(Br)cc4)c([N+](=O)[O-])c3)c(=O)n2[C@H]1c1ccc(OCC)cc1. The summed E-state index contributed by atoms with van der Waals surface area (Å²) in [6, 6.07) is 16.8. The highest BCUT2D eigenvalue weighted by atomic mass is 79.9. The van der Waals surface area contributed by atoms with Gasteiger partial charge in [-0.05, 0) is 89.8 Å². The molecule has 13 heteroatoms. The molecule has 4 aromatic rings. The number of rotatable bonds is 10. The van der Waals surface area contributed by atoms with Crippen LogP contribution < -0.4 is 24.4 Å². The first-order valence-corrected chi connectivity index (χ1v) is 16.3. The molecule has 1 atom stereocenters. The van der Waals surface area contributed by atoms with Gasteiger partial charge in [0.2, 0.25) is 5.75 Å². The predicted octanol–water partition coefficient (Wildman–Crippen LogP) is 6.21. The molecule has 1 aliphatic heterocycles. The topological polar surface area (TPSA) is 122 Å². The lowest BCUT2D eigenvalue weighted by atomic mass is 9.96. The first kappa shape index (κ1) is 32.3. The average molecular weight is 757 g/mol. The van der Waals surface area contributed by atoms with Crippen molar-refractivity contribution in [2.24, 2.45) is 4.99 Å². The van der Waals surface area contributed by atoms with Crippen LogP contribution in [0.4, 0.5) is 5.69 Å². The second-order valence-electron chi connectivity index (χ2n) is 9.83. The third kappa shape index (κ3) is 6.95. The summed E-state index contributed by atoms with van der Waals surface area (Å²) in [5.41, 5.74) is 1.96. The number of nitro groups is 1. The maximum absolute atomic E-state index is 14.0. The molecule has 0 aliphatic carbocycles. The maximum Gasteiger partial charge on any atom is 0.338 e. The molecule has 10 nitrogen and oxygen atoms in total. The number of thiazole rings is 1. The number of fused-ring (bicyclic) bond motifs is 1. The molecule has 2 heterocycles. The van der Waals surface area contributed by atoms with Crippen LogP contribution in [0.3, 0.4) is 0 Å². The van der Waals surface area contributed by atoms with Gasteiger partial charge in [-0.25, -0.2) is 9.79 Å². The molecule has 5 rings (SSSR count). The molecule has 0 saturated heterocycles. The minimum Gasteiger partial charge on any atom is -0.494 e. The molecule has 0 fully saturated rings. The molecule has 45 heavy (non-hydrogen) atoms. The summed E-state index contributed by atoms with van der Waals surface area (Å²) in [5.74, 6) is 0.167. The van der Waals surface area contributed by atoms with Crippen molar-refractivity contribution in [3.8, 4) is 11.5 Å². The number of esters is 1. The van der Waals surface area contributed by atoms with Crippen LogP contribution >= 0.6 is 43.2 Å². The van der Waals surface area contributed by atoms with Crippen LogP contribution in [0.1, 0.15) is 43.5 Å². The van der Waals surface area contributed by atoms with Gasteiger partial charge >= 0.3 is 11.7 Å². The molecule has 0 radical (unpaired) electrons. The lowest BCUT2D eigenvalue weighted by Crippen LogP contribution is -2.39. The Balaban J connectivity index is 1.58. The van der Waals surface area contributed by atoms with Gasteiger partial charge in [0.1, 0.15) is 12.4 Å². The van der Waals surface area contributed by atoms with Crippen molar-refractivity contribution in [3.05, 3.63) is 127 Å². The number of carbonyl (C=O) groups excluding carboxylic acids is 1. The van der Waals surface area contributed by atoms with Gasteiger partial charge < -0.3 is 14.2 Å². The van der Waals surface area contributed by atoms with E-state index in [0.717, 1.165) is 21.4 Å². The fourth-order valence-electron chi connectivity index (χ4n) is 4.87. The molecule has 1 aliphatic rings. The second-order valence-corrected chi connectivity index (χ2v) is 12.6. The molecule has 3 aromatic carbocycles. The predicted molar refractivity (Wildman–Crippen MR) is 177 cm³/mol. The summed E-state index contributed by atoms with van der Waals surface area (Å²) in [5, 5.41) is 12.1. The van der Waals surface area contributed by atoms with Gasteiger partial charge in [-0.2, -0.15) is 0 Å². The fraction of sp³-hybridized carbons (Fsp3) is 0.219. The Morgan fingerprint density at radius 3 is 2.42 bits per heavy atom. The first-order chi connectivity index (χ1) is 21.6. The summed E-state index contributed by atoms with van der Waals surface area (Å²) in [4.78, 5) is 43.6. The van der Waals surface area contributed by atoms with Crippen molar-refractivity contribution in [1.29, 1.82) is 0 Å². The van der Waals surface area contributed by atoms with Crippen LogP contribution in [0.15, 0.2) is 90.7 Å². The van der Waals surface area contributed by atoms with Crippen molar-refractivity contribution in [2.45, 2.75) is 33.4 Å². The van der Waals surface area contributed by atoms with Gasteiger partial charge in [-0.1, -0.05) is 51.5 Å². The number of halogens is 2. The normalized spacial score (nSPS) is 14.5. The molecule has 232 valence electrons. The monoisotopic (exact) mass is 755 g/mol. The van der Waals surface area contributed by atoms with E-state index in [9.17, 15) is 19.7 Å². The summed E-state index contributed by atoms with van der Waals surface area (Å²) < 4.78 is 19.8. The van der Waals surface area contributed by atoms with E-state index in [2.05, 4.69) is 36.9 Å². The van der Waals surface area contributed by atoms with Crippen LogP contribution in [-0.4, -0.2) is 28.7 Å². The number of hydrogen-bond acceptors (Lipinski definition) is 9. The minimum absolute atomic E-state index is 0.0757. The highest BCUT2D eigenvalue weighted by Crippen LogP contribution is 2.37. The number of hydrogen-bond donors (Lipinski definition) is 0. The Kier molecular flexibility index (Phi) is 10.0. The van der Waals surface area contributed by atoms with Crippen LogP contribution in [-0.2, 0) is 16.1 Å². The molecule has 0 amide bonds. The number of allylic oxidation sites excluding steroid dienone is 1. The average Bonchev–Trinajstić information content (AvgIpc) is 3.30. The Morgan fingerprint density at radius 2 is 1.78 bits per heavy atom. The smallest absolute Gasteiger partial charge is 0.338 e. The van der Waals surface area contributed by atoms with Gasteiger partial charge in [0, 0.05) is 10.5 Å². The van der Waals surface area contributed by atoms with Crippen LogP contribution in [0.2, 0.25) is 0 Å². The van der Waals surface area contributed by atoms with Gasteiger partial charge in [-0.3, -0.25) is 19.5 Å². The van der Waals surface area contributed by atoms with E-state index in [-0.39, 0.29) is 34.8 Å².